The molecule has 1 aliphatic heterocycles. The molecule has 1 amide bonds. The summed E-state index contributed by atoms with van der Waals surface area (Å²) in [5.74, 6) is -0.858. The van der Waals surface area contributed by atoms with Crippen molar-refractivity contribution < 1.29 is 17.6 Å². The molecule has 1 aromatic rings. The highest BCUT2D eigenvalue weighted by atomic mass is 32.2. The molecule has 19 heavy (non-hydrogen) atoms. The third kappa shape index (κ3) is 4.02. The zero-order valence-electron chi connectivity index (χ0n) is 10.4. The Morgan fingerprint density at radius 2 is 2.00 bits per heavy atom. The van der Waals surface area contributed by atoms with Crippen LogP contribution in [0.5, 0.6) is 0 Å². The fraction of sp³-hybridized carbons (Fsp3) is 0.462. The molecule has 0 saturated carbocycles. The summed E-state index contributed by atoms with van der Waals surface area (Å²) in [4.78, 5) is 11.7. The zero-order chi connectivity index (χ0) is 13.9. The lowest BCUT2D eigenvalue weighted by Gasteiger charge is -2.09. The van der Waals surface area contributed by atoms with Crippen molar-refractivity contribution in [3.05, 3.63) is 35.6 Å². The predicted molar refractivity (Wildman–Crippen MR) is 69.9 cm³/mol. The molecule has 1 fully saturated rings. The second-order valence-corrected chi connectivity index (χ2v) is 7.00. The first-order chi connectivity index (χ1) is 8.96. The van der Waals surface area contributed by atoms with Gasteiger partial charge in [0.2, 0.25) is 5.91 Å². The maximum atomic E-state index is 12.7. The molecule has 0 aromatic heterocycles. The second-order valence-electron chi connectivity index (χ2n) is 4.77. The third-order valence-corrected chi connectivity index (χ3v) is 5.00. The second kappa shape index (κ2) is 5.69. The van der Waals surface area contributed by atoms with Crippen LogP contribution in [0.1, 0.15) is 12.0 Å². The number of carbonyl (C=O) groups is 1. The van der Waals surface area contributed by atoms with Crippen molar-refractivity contribution in [1.82, 2.24) is 5.32 Å². The van der Waals surface area contributed by atoms with E-state index in [2.05, 4.69) is 5.32 Å². The summed E-state index contributed by atoms with van der Waals surface area (Å²) in [5, 5.41) is 2.73. The van der Waals surface area contributed by atoms with E-state index in [4.69, 9.17) is 0 Å². The Labute approximate surface area is 111 Å². The van der Waals surface area contributed by atoms with Crippen molar-refractivity contribution in [1.29, 1.82) is 0 Å². The van der Waals surface area contributed by atoms with E-state index in [1.807, 2.05) is 0 Å². The van der Waals surface area contributed by atoms with Crippen molar-refractivity contribution in [2.45, 2.75) is 12.8 Å². The van der Waals surface area contributed by atoms with Crippen LogP contribution in [0.25, 0.3) is 0 Å². The van der Waals surface area contributed by atoms with Crippen LogP contribution in [-0.2, 0) is 21.1 Å². The molecule has 1 aliphatic rings. The van der Waals surface area contributed by atoms with E-state index < -0.39 is 15.8 Å². The number of carbonyl (C=O) groups excluding carboxylic acids is 1. The molecule has 0 radical (unpaired) electrons. The van der Waals surface area contributed by atoms with Crippen molar-refractivity contribution >= 4 is 15.7 Å². The molecule has 1 heterocycles. The van der Waals surface area contributed by atoms with E-state index in [1.54, 1.807) is 12.1 Å². The Hall–Kier alpha value is -1.43. The molecule has 1 saturated heterocycles. The van der Waals surface area contributed by atoms with Crippen molar-refractivity contribution in [2.75, 3.05) is 18.1 Å². The molecule has 2 rings (SSSR count). The van der Waals surface area contributed by atoms with Gasteiger partial charge in [-0.2, -0.15) is 0 Å². The lowest BCUT2D eigenvalue weighted by molar-refractivity contribution is -0.124. The molecular weight excluding hydrogens is 269 g/mol. The predicted octanol–water partition coefficient (Wildman–Crippen LogP) is 0.919. The van der Waals surface area contributed by atoms with Crippen molar-refractivity contribution in [2.24, 2.45) is 5.92 Å². The summed E-state index contributed by atoms with van der Waals surface area (Å²) in [5.41, 5.74) is 0.931. The van der Waals surface area contributed by atoms with E-state index in [1.165, 1.54) is 12.1 Å². The van der Waals surface area contributed by atoms with Gasteiger partial charge in [0.1, 0.15) is 5.82 Å². The molecule has 0 aliphatic carbocycles. The SMILES string of the molecule is O=C(NCCc1ccc(F)cc1)C1CCS(=O)(=O)C1. The molecular formula is C13H16FNO3S. The van der Waals surface area contributed by atoms with Crippen LogP contribution in [0.4, 0.5) is 4.39 Å². The van der Waals surface area contributed by atoms with E-state index in [-0.39, 0.29) is 23.2 Å². The molecule has 1 aromatic carbocycles. The van der Waals surface area contributed by atoms with Gasteiger partial charge >= 0.3 is 0 Å². The van der Waals surface area contributed by atoms with Crippen LogP contribution in [0.15, 0.2) is 24.3 Å². The molecule has 6 heteroatoms. The lowest BCUT2D eigenvalue weighted by Crippen LogP contribution is -2.32. The molecule has 1 unspecified atom stereocenters. The van der Waals surface area contributed by atoms with Gasteiger partial charge in [-0.3, -0.25) is 4.79 Å². The number of benzene rings is 1. The third-order valence-electron chi connectivity index (χ3n) is 3.23. The van der Waals surface area contributed by atoms with Gasteiger partial charge in [-0.05, 0) is 30.5 Å². The van der Waals surface area contributed by atoms with Gasteiger partial charge in [0.25, 0.3) is 0 Å². The van der Waals surface area contributed by atoms with E-state index >= 15 is 0 Å². The lowest BCUT2D eigenvalue weighted by atomic mass is 10.1. The van der Waals surface area contributed by atoms with Gasteiger partial charge in [0.15, 0.2) is 9.84 Å². The molecule has 0 spiro atoms. The highest BCUT2D eigenvalue weighted by molar-refractivity contribution is 7.91. The quantitative estimate of drug-likeness (QED) is 0.894. The van der Waals surface area contributed by atoms with Gasteiger partial charge in [-0.1, -0.05) is 12.1 Å². The number of sulfone groups is 1. The highest BCUT2D eigenvalue weighted by Gasteiger charge is 2.32. The first kappa shape index (κ1) is 14.0. The minimum atomic E-state index is -3.02. The minimum Gasteiger partial charge on any atom is -0.356 e. The Balaban J connectivity index is 1.77. The van der Waals surface area contributed by atoms with Crippen LogP contribution in [0.3, 0.4) is 0 Å². The van der Waals surface area contributed by atoms with Crippen LogP contribution in [0, 0.1) is 11.7 Å². The van der Waals surface area contributed by atoms with Gasteiger partial charge in [-0.25, -0.2) is 12.8 Å². The summed E-state index contributed by atoms with van der Waals surface area (Å²) >= 11 is 0. The summed E-state index contributed by atoms with van der Waals surface area (Å²) in [6.45, 7) is 0.432. The summed E-state index contributed by atoms with van der Waals surface area (Å²) in [6.07, 6.45) is 1.01. The smallest absolute Gasteiger partial charge is 0.224 e. The molecule has 4 nitrogen and oxygen atoms in total. The Kier molecular flexibility index (Phi) is 4.19. The molecule has 104 valence electrons. The fourth-order valence-electron chi connectivity index (χ4n) is 2.13. The number of nitrogens with one attached hydrogen (secondary N) is 1. The molecule has 1 N–H and O–H groups in total. The first-order valence-electron chi connectivity index (χ1n) is 6.19. The minimum absolute atomic E-state index is 0.0462. The topological polar surface area (TPSA) is 63.2 Å². The first-order valence-corrected chi connectivity index (χ1v) is 8.01. The Morgan fingerprint density at radius 3 is 2.58 bits per heavy atom. The number of halogens is 1. The average molecular weight is 285 g/mol. The summed E-state index contributed by atoms with van der Waals surface area (Å²) in [6, 6.07) is 6.09. The van der Waals surface area contributed by atoms with Gasteiger partial charge in [0, 0.05) is 6.54 Å². The van der Waals surface area contributed by atoms with E-state index in [9.17, 15) is 17.6 Å². The summed E-state index contributed by atoms with van der Waals surface area (Å²) in [7, 11) is -3.02. The average Bonchev–Trinajstić information content (AvgIpc) is 2.72. The van der Waals surface area contributed by atoms with Crippen molar-refractivity contribution in [3.63, 3.8) is 0 Å². The van der Waals surface area contributed by atoms with E-state index in [0.717, 1.165) is 5.56 Å². The number of hydrogen-bond donors (Lipinski definition) is 1. The number of hydrogen-bond acceptors (Lipinski definition) is 3. The number of rotatable bonds is 4. The molecule has 0 bridgehead atoms. The van der Waals surface area contributed by atoms with Gasteiger partial charge in [-0.15, -0.1) is 0 Å². The highest BCUT2D eigenvalue weighted by Crippen LogP contribution is 2.18. The van der Waals surface area contributed by atoms with Gasteiger partial charge in [0.05, 0.1) is 17.4 Å². The van der Waals surface area contributed by atoms with E-state index in [0.29, 0.717) is 19.4 Å². The normalized spacial score (nSPS) is 21.2. The Morgan fingerprint density at radius 1 is 1.32 bits per heavy atom. The monoisotopic (exact) mass is 285 g/mol. The number of amides is 1. The van der Waals surface area contributed by atoms with Crippen molar-refractivity contribution in [3.8, 4) is 0 Å². The Bertz CT molecular complexity index is 554. The maximum absolute atomic E-state index is 12.7. The maximum Gasteiger partial charge on any atom is 0.224 e. The standard InChI is InChI=1S/C13H16FNO3S/c14-12-3-1-10(2-4-12)5-7-15-13(16)11-6-8-19(17,18)9-11/h1-4,11H,5-9H2,(H,15,16). The summed E-state index contributed by atoms with van der Waals surface area (Å²) < 4.78 is 35.2. The zero-order valence-corrected chi connectivity index (χ0v) is 11.2. The fourth-order valence-corrected chi connectivity index (χ4v) is 3.87. The van der Waals surface area contributed by atoms with Crippen LogP contribution < -0.4 is 5.32 Å². The molecule has 1 atom stereocenters. The van der Waals surface area contributed by atoms with Crippen LogP contribution in [-0.4, -0.2) is 32.4 Å². The largest absolute Gasteiger partial charge is 0.356 e. The van der Waals surface area contributed by atoms with Crippen LogP contribution >= 0.6 is 0 Å². The van der Waals surface area contributed by atoms with Crippen LogP contribution in [0.2, 0.25) is 0 Å². The van der Waals surface area contributed by atoms with Gasteiger partial charge < -0.3 is 5.32 Å².